The first-order valence-electron chi connectivity index (χ1n) is 9.46. The van der Waals surface area contributed by atoms with Crippen LogP contribution in [0.25, 0.3) is 0 Å². The molecule has 1 saturated carbocycles. The molecule has 0 atom stereocenters. The van der Waals surface area contributed by atoms with Gasteiger partial charge in [0.1, 0.15) is 0 Å². The smallest absolute Gasteiger partial charge is 0.257 e. The summed E-state index contributed by atoms with van der Waals surface area (Å²) >= 11 is 1.30. The van der Waals surface area contributed by atoms with Gasteiger partial charge in [-0.3, -0.25) is 10.1 Å². The van der Waals surface area contributed by atoms with Crippen LogP contribution >= 0.6 is 11.3 Å². The Balaban J connectivity index is 1.52. The SMILES string of the molecule is COc1cc(C(=O)Nc2nc3c(s2)CN(S(=O)(=O)C2CC2)CC3)cc(OC)c1OC. The van der Waals surface area contributed by atoms with E-state index in [1.54, 1.807) is 12.1 Å². The molecule has 1 amide bonds. The summed E-state index contributed by atoms with van der Waals surface area (Å²) < 4.78 is 42.4. The largest absolute Gasteiger partial charge is 0.493 e. The molecule has 2 aromatic rings. The van der Waals surface area contributed by atoms with E-state index in [0.29, 0.717) is 47.5 Å². The van der Waals surface area contributed by atoms with Gasteiger partial charge >= 0.3 is 0 Å². The summed E-state index contributed by atoms with van der Waals surface area (Å²) in [6.07, 6.45) is 2.02. The van der Waals surface area contributed by atoms with Crippen LogP contribution in [0.3, 0.4) is 0 Å². The van der Waals surface area contributed by atoms with Crippen LogP contribution in [-0.4, -0.2) is 56.7 Å². The molecule has 1 N–H and O–H groups in total. The monoisotopic (exact) mass is 453 g/mol. The third kappa shape index (κ3) is 3.84. The van der Waals surface area contributed by atoms with Crippen molar-refractivity contribution in [3.63, 3.8) is 0 Å². The lowest BCUT2D eigenvalue weighted by molar-refractivity contribution is 0.102. The average molecular weight is 454 g/mol. The third-order valence-corrected chi connectivity index (χ3v) is 8.49. The summed E-state index contributed by atoms with van der Waals surface area (Å²) in [6, 6.07) is 3.13. The number of carbonyl (C=O) groups excluding carboxylic acids is 1. The number of thiazole rings is 1. The van der Waals surface area contributed by atoms with Crippen LogP contribution in [0, 0.1) is 0 Å². The molecule has 2 aliphatic rings. The van der Waals surface area contributed by atoms with E-state index in [9.17, 15) is 13.2 Å². The number of fused-ring (bicyclic) bond motifs is 1. The minimum Gasteiger partial charge on any atom is -0.493 e. The normalized spacial score (nSPS) is 16.6. The van der Waals surface area contributed by atoms with E-state index in [4.69, 9.17) is 14.2 Å². The van der Waals surface area contributed by atoms with Gasteiger partial charge < -0.3 is 14.2 Å². The van der Waals surface area contributed by atoms with Gasteiger partial charge in [0.05, 0.1) is 32.3 Å². The highest BCUT2D eigenvalue weighted by Crippen LogP contribution is 2.39. The Labute approximate surface area is 179 Å². The van der Waals surface area contributed by atoms with Gasteiger partial charge in [0.2, 0.25) is 15.8 Å². The van der Waals surface area contributed by atoms with Crippen molar-refractivity contribution in [3.05, 3.63) is 28.3 Å². The van der Waals surface area contributed by atoms with Crippen LogP contribution in [0.5, 0.6) is 17.2 Å². The predicted molar refractivity (Wildman–Crippen MR) is 112 cm³/mol. The van der Waals surface area contributed by atoms with Crippen molar-refractivity contribution in [1.82, 2.24) is 9.29 Å². The number of nitrogens with zero attached hydrogens (tertiary/aromatic N) is 2. The van der Waals surface area contributed by atoms with Crippen molar-refractivity contribution in [2.45, 2.75) is 31.1 Å². The van der Waals surface area contributed by atoms with Gasteiger partial charge in [-0.15, -0.1) is 11.3 Å². The number of rotatable bonds is 7. The molecule has 0 spiro atoms. The van der Waals surface area contributed by atoms with Gasteiger partial charge in [-0.25, -0.2) is 13.4 Å². The van der Waals surface area contributed by atoms with Gasteiger partial charge in [0.15, 0.2) is 16.6 Å². The minimum atomic E-state index is -3.23. The molecule has 0 radical (unpaired) electrons. The first-order valence-corrected chi connectivity index (χ1v) is 11.8. The molecule has 1 fully saturated rings. The predicted octanol–water partition coefficient (Wildman–Crippen LogP) is 2.27. The Bertz CT molecular complexity index is 1050. The summed E-state index contributed by atoms with van der Waals surface area (Å²) in [5, 5.41) is 3.00. The Morgan fingerprint density at radius 1 is 1.17 bits per heavy atom. The van der Waals surface area contributed by atoms with Crippen molar-refractivity contribution in [2.75, 3.05) is 33.2 Å². The summed E-state index contributed by atoms with van der Waals surface area (Å²) in [5.41, 5.74) is 1.16. The van der Waals surface area contributed by atoms with Crippen LogP contribution in [-0.2, 0) is 23.0 Å². The number of hydrogen-bond donors (Lipinski definition) is 1. The molecular weight excluding hydrogens is 430 g/mol. The van der Waals surface area contributed by atoms with Crippen LogP contribution in [0.4, 0.5) is 5.13 Å². The van der Waals surface area contributed by atoms with Gasteiger partial charge in [0, 0.05) is 30.0 Å². The molecule has 11 heteroatoms. The molecule has 0 unspecified atom stereocenters. The maximum Gasteiger partial charge on any atom is 0.257 e. The van der Waals surface area contributed by atoms with Crippen LogP contribution in [0.15, 0.2) is 12.1 Å². The Morgan fingerprint density at radius 2 is 1.83 bits per heavy atom. The van der Waals surface area contributed by atoms with Crippen molar-refractivity contribution >= 4 is 32.4 Å². The molecular formula is C19H23N3O6S2. The molecule has 1 aliphatic heterocycles. The Morgan fingerprint density at radius 3 is 2.40 bits per heavy atom. The quantitative estimate of drug-likeness (QED) is 0.685. The van der Waals surface area contributed by atoms with E-state index in [0.717, 1.165) is 23.4 Å². The van der Waals surface area contributed by atoms with Crippen molar-refractivity contribution in [3.8, 4) is 17.2 Å². The molecule has 1 aromatic heterocycles. The van der Waals surface area contributed by atoms with E-state index in [-0.39, 0.29) is 11.2 Å². The second-order valence-corrected chi connectivity index (χ2v) is 10.4. The highest BCUT2D eigenvalue weighted by molar-refractivity contribution is 7.90. The fraction of sp³-hybridized carbons (Fsp3) is 0.474. The zero-order valence-corrected chi connectivity index (χ0v) is 18.6. The number of anilines is 1. The second kappa shape index (κ2) is 8.05. The van der Waals surface area contributed by atoms with E-state index in [1.807, 2.05) is 0 Å². The number of nitrogens with one attached hydrogen (secondary N) is 1. The highest BCUT2D eigenvalue weighted by atomic mass is 32.2. The number of ether oxygens (including phenoxy) is 3. The summed E-state index contributed by atoms with van der Waals surface area (Å²) in [6.45, 7) is 0.738. The summed E-state index contributed by atoms with van der Waals surface area (Å²) in [5.74, 6) is 0.781. The molecule has 162 valence electrons. The lowest BCUT2D eigenvalue weighted by Crippen LogP contribution is -2.37. The number of hydrogen-bond acceptors (Lipinski definition) is 8. The average Bonchev–Trinajstić information content (AvgIpc) is 3.53. The molecule has 0 saturated heterocycles. The number of aromatic nitrogens is 1. The molecule has 2 heterocycles. The first-order chi connectivity index (χ1) is 14.4. The van der Waals surface area contributed by atoms with Gasteiger partial charge in [-0.2, -0.15) is 4.31 Å². The van der Waals surface area contributed by atoms with Gasteiger partial charge in [-0.1, -0.05) is 0 Å². The topological polar surface area (TPSA) is 107 Å². The first kappa shape index (κ1) is 20.9. The fourth-order valence-corrected chi connectivity index (χ4v) is 6.31. The Kier molecular flexibility index (Phi) is 5.60. The maximum atomic E-state index is 12.8. The molecule has 4 rings (SSSR count). The van der Waals surface area contributed by atoms with Gasteiger partial charge in [0.25, 0.3) is 5.91 Å². The molecule has 30 heavy (non-hydrogen) atoms. The molecule has 0 bridgehead atoms. The lowest BCUT2D eigenvalue weighted by Gasteiger charge is -2.25. The zero-order valence-electron chi connectivity index (χ0n) is 16.9. The van der Waals surface area contributed by atoms with Crippen LogP contribution in [0.2, 0.25) is 0 Å². The molecule has 1 aliphatic carbocycles. The minimum absolute atomic E-state index is 0.230. The lowest BCUT2D eigenvalue weighted by atomic mass is 10.1. The summed E-state index contributed by atoms with van der Waals surface area (Å²) in [7, 11) is 1.23. The number of methoxy groups -OCH3 is 3. The summed E-state index contributed by atoms with van der Waals surface area (Å²) in [4.78, 5) is 18.1. The third-order valence-electron chi connectivity index (χ3n) is 5.15. The van der Waals surface area contributed by atoms with Crippen molar-refractivity contribution in [2.24, 2.45) is 0 Å². The zero-order chi connectivity index (χ0) is 21.5. The van der Waals surface area contributed by atoms with E-state index in [1.165, 1.54) is 37.0 Å². The highest BCUT2D eigenvalue weighted by Gasteiger charge is 2.41. The maximum absolute atomic E-state index is 12.8. The number of carbonyl (C=O) groups is 1. The van der Waals surface area contributed by atoms with E-state index in [2.05, 4.69) is 10.3 Å². The number of amides is 1. The van der Waals surface area contributed by atoms with E-state index < -0.39 is 10.0 Å². The Hall–Kier alpha value is -2.37. The standard InChI is InChI=1S/C19H23N3O6S2/c1-26-14-8-11(9-15(27-2)17(14)28-3)18(23)21-19-20-13-6-7-22(10-16(13)29-19)30(24,25)12-4-5-12/h8-9,12H,4-7,10H2,1-3H3,(H,20,21,23). The van der Waals surface area contributed by atoms with Gasteiger partial charge in [-0.05, 0) is 25.0 Å². The van der Waals surface area contributed by atoms with Crippen molar-refractivity contribution in [1.29, 1.82) is 0 Å². The second-order valence-electron chi connectivity index (χ2n) is 7.08. The van der Waals surface area contributed by atoms with E-state index >= 15 is 0 Å². The van der Waals surface area contributed by atoms with Crippen molar-refractivity contribution < 1.29 is 27.4 Å². The van der Waals surface area contributed by atoms with Crippen LogP contribution in [0.1, 0.15) is 33.8 Å². The number of benzene rings is 1. The molecule has 9 nitrogen and oxygen atoms in total. The number of sulfonamides is 1. The fourth-order valence-electron chi connectivity index (χ4n) is 3.40. The van der Waals surface area contributed by atoms with Crippen LogP contribution < -0.4 is 19.5 Å². The molecule has 1 aromatic carbocycles.